The lowest BCUT2D eigenvalue weighted by atomic mass is 9.64. The summed E-state index contributed by atoms with van der Waals surface area (Å²) in [6, 6.07) is 8.53. The number of hydrogen-bond acceptors (Lipinski definition) is 3. The Hall–Kier alpha value is -0.520. The summed E-state index contributed by atoms with van der Waals surface area (Å²) in [6.07, 6.45) is 3.59. The number of benzene rings is 1. The minimum atomic E-state index is -0.0120. The van der Waals surface area contributed by atoms with E-state index in [1.165, 1.54) is 24.8 Å². The largest absolute Gasteiger partial charge is 0.354 e. The Kier molecular flexibility index (Phi) is 4.38. The molecular weight excluding hydrogens is 336 g/mol. The first-order chi connectivity index (χ1) is 9.70. The number of carbonyl (C=O) groups is 1. The fourth-order valence-corrected chi connectivity index (χ4v) is 4.12. The molecule has 1 unspecified atom stereocenters. The van der Waals surface area contributed by atoms with Crippen LogP contribution in [-0.4, -0.2) is 30.1 Å². The molecule has 3 nitrogen and oxygen atoms in total. The highest BCUT2D eigenvalue weighted by molar-refractivity contribution is 9.10. The Morgan fingerprint density at radius 1 is 1.40 bits per heavy atom. The Balaban J connectivity index is 1.64. The van der Waals surface area contributed by atoms with Crippen LogP contribution in [0.15, 0.2) is 28.7 Å². The molecule has 20 heavy (non-hydrogen) atoms. The third-order valence-corrected chi connectivity index (χ3v) is 5.87. The number of halogens is 1. The Bertz CT molecular complexity index is 481. The lowest BCUT2D eigenvalue weighted by Gasteiger charge is -2.42. The van der Waals surface area contributed by atoms with Gasteiger partial charge in [-0.15, -0.1) is 11.8 Å². The lowest BCUT2D eigenvalue weighted by molar-refractivity contribution is -0.122. The van der Waals surface area contributed by atoms with Gasteiger partial charge in [-0.2, -0.15) is 0 Å². The molecule has 1 aromatic carbocycles. The van der Waals surface area contributed by atoms with Crippen LogP contribution in [0.1, 0.15) is 24.8 Å². The third kappa shape index (κ3) is 2.90. The molecule has 1 aromatic rings. The molecule has 1 aliphatic heterocycles. The van der Waals surface area contributed by atoms with Crippen molar-refractivity contribution in [1.29, 1.82) is 0 Å². The molecule has 0 radical (unpaired) electrons. The molecule has 1 atom stereocenters. The number of carbonyl (C=O) groups excluding carboxylic acids is 1. The Morgan fingerprint density at radius 2 is 2.15 bits per heavy atom. The fourth-order valence-electron chi connectivity index (χ4n) is 2.92. The van der Waals surface area contributed by atoms with Crippen LogP contribution in [0.2, 0.25) is 0 Å². The second-order valence-electron chi connectivity index (χ2n) is 5.63. The van der Waals surface area contributed by atoms with Gasteiger partial charge in [0.1, 0.15) is 0 Å². The average Bonchev–Trinajstić information content (AvgIpc) is 2.93. The van der Waals surface area contributed by atoms with Crippen LogP contribution < -0.4 is 10.6 Å². The molecule has 0 spiro atoms. The molecular formula is C15H19BrN2OS. The van der Waals surface area contributed by atoms with Crippen molar-refractivity contribution in [2.75, 3.05) is 18.2 Å². The van der Waals surface area contributed by atoms with E-state index in [0.717, 1.165) is 22.6 Å². The van der Waals surface area contributed by atoms with Gasteiger partial charge in [0, 0.05) is 28.1 Å². The van der Waals surface area contributed by atoms with Crippen molar-refractivity contribution < 1.29 is 4.79 Å². The summed E-state index contributed by atoms with van der Waals surface area (Å²) < 4.78 is 1.10. The van der Waals surface area contributed by atoms with Crippen molar-refractivity contribution in [1.82, 2.24) is 10.6 Å². The first-order valence-corrected chi connectivity index (χ1v) is 8.99. The van der Waals surface area contributed by atoms with E-state index in [-0.39, 0.29) is 17.4 Å². The van der Waals surface area contributed by atoms with Gasteiger partial charge in [-0.25, -0.2) is 0 Å². The summed E-state index contributed by atoms with van der Waals surface area (Å²) in [7, 11) is 0. The number of amides is 1. The van der Waals surface area contributed by atoms with Gasteiger partial charge in [-0.1, -0.05) is 34.5 Å². The molecule has 5 heteroatoms. The first-order valence-electron chi connectivity index (χ1n) is 7.05. The Morgan fingerprint density at radius 3 is 2.70 bits per heavy atom. The lowest BCUT2D eigenvalue weighted by Crippen LogP contribution is -2.50. The molecule has 2 aliphatic rings. The van der Waals surface area contributed by atoms with Crippen LogP contribution in [0.4, 0.5) is 0 Å². The van der Waals surface area contributed by atoms with Gasteiger partial charge >= 0.3 is 0 Å². The van der Waals surface area contributed by atoms with E-state index in [9.17, 15) is 4.79 Å². The molecule has 1 aliphatic carbocycles. The monoisotopic (exact) mass is 354 g/mol. The molecule has 1 amide bonds. The van der Waals surface area contributed by atoms with Crippen molar-refractivity contribution in [3.8, 4) is 0 Å². The summed E-state index contributed by atoms with van der Waals surface area (Å²) in [4.78, 5) is 12.1. The van der Waals surface area contributed by atoms with Crippen molar-refractivity contribution in [2.45, 2.75) is 30.7 Å². The second kappa shape index (κ2) is 6.08. The summed E-state index contributed by atoms with van der Waals surface area (Å²) in [5, 5.41) is 6.37. The minimum Gasteiger partial charge on any atom is -0.354 e. The average molecular weight is 355 g/mol. The van der Waals surface area contributed by atoms with E-state index in [2.05, 4.69) is 50.8 Å². The Labute approximate surface area is 132 Å². The van der Waals surface area contributed by atoms with Gasteiger partial charge < -0.3 is 5.32 Å². The van der Waals surface area contributed by atoms with E-state index in [4.69, 9.17) is 0 Å². The van der Waals surface area contributed by atoms with E-state index in [1.54, 1.807) is 11.8 Å². The molecule has 1 saturated heterocycles. The van der Waals surface area contributed by atoms with E-state index >= 15 is 0 Å². The van der Waals surface area contributed by atoms with Gasteiger partial charge in [0.2, 0.25) is 5.91 Å². The first kappa shape index (κ1) is 14.4. The minimum absolute atomic E-state index is 0.0120. The zero-order valence-electron chi connectivity index (χ0n) is 11.3. The van der Waals surface area contributed by atoms with Crippen molar-refractivity contribution >= 4 is 33.6 Å². The molecule has 1 heterocycles. The maximum Gasteiger partial charge on any atom is 0.238 e. The van der Waals surface area contributed by atoms with E-state index in [1.807, 2.05) is 0 Å². The molecule has 0 bridgehead atoms. The number of rotatable bonds is 4. The van der Waals surface area contributed by atoms with Crippen LogP contribution in [0.25, 0.3) is 0 Å². The number of nitrogens with one attached hydrogen (secondary N) is 2. The van der Waals surface area contributed by atoms with Crippen molar-refractivity contribution in [3.05, 3.63) is 34.3 Å². The SMILES string of the molecule is O=C(NCC1(c2ccc(Br)cc2)CCC1)C1CSCN1. The fraction of sp³-hybridized carbons (Fsp3) is 0.533. The van der Waals surface area contributed by atoms with Gasteiger partial charge in [0.25, 0.3) is 0 Å². The number of hydrogen-bond donors (Lipinski definition) is 2. The van der Waals surface area contributed by atoms with Crippen molar-refractivity contribution in [3.63, 3.8) is 0 Å². The highest BCUT2D eigenvalue weighted by Crippen LogP contribution is 2.43. The summed E-state index contributed by atoms with van der Waals surface area (Å²) >= 11 is 5.26. The summed E-state index contributed by atoms with van der Waals surface area (Å²) in [5.74, 6) is 1.92. The normalized spacial score (nSPS) is 24.1. The van der Waals surface area contributed by atoms with Crippen LogP contribution >= 0.6 is 27.7 Å². The van der Waals surface area contributed by atoms with Gasteiger partial charge in [0.05, 0.1) is 6.04 Å². The summed E-state index contributed by atoms with van der Waals surface area (Å²) in [6.45, 7) is 0.760. The molecule has 1 saturated carbocycles. The van der Waals surface area contributed by atoms with Gasteiger partial charge in [0.15, 0.2) is 0 Å². The second-order valence-corrected chi connectivity index (χ2v) is 7.58. The number of thioether (sulfide) groups is 1. The highest BCUT2D eigenvalue weighted by Gasteiger charge is 2.39. The topological polar surface area (TPSA) is 41.1 Å². The van der Waals surface area contributed by atoms with Crippen LogP contribution in [-0.2, 0) is 10.2 Å². The highest BCUT2D eigenvalue weighted by atomic mass is 79.9. The predicted octanol–water partition coefficient (Wildman–Crippen LogP) is 2.65. The standard InChI is InChI=1S/C15H19BrN2OS/c16-12-4-2-11(3-5-12)15(6-1-7-15)9-17-14(19)13-8-20-10-18-13/h2-5,13,18H,1,6-10H2,(H,17,19). The van der Waals surface area contributed by atoms with Crippen molar-refractivity contribution in [2.24, 2.45) is 0 Å². The zero-order chi connectivity index (χ0) is 14.0. The molecule has 2 fully saturated rings. The maximum absolute atomic E-state index is 12.1. The summed E-state index contributed by atoms with van der Waals surface area (Å²) in [5.41, 5.74) is 1.50. The maximum atomic E-state index is 12.1. The smallest absolute Gasteiger partial charge is 0.238 e. The zero-order valence-corrected chi connectivity index (χ0v) is 13.7. The predicted molar refractivity (Wildman–Crippen MR) is 86.9 cm³/mol. The quantitative estimate of drug-likeness (QED) is 0.873. The molecule has 108 valence electrons. The third-order valence-electron chi connectivity index (χ3n) is 4.40. The molecule has 0 aromatic heterocycles. The van der Waals surface area contributed by atoms with Gasteiger partial charge in [-0.05, 0) is 30.5 Å². The van der Waals surface area contributed by atoms with Crippen LogP contribution in [0, 0.1) is 0 Å². The van der Waals surface area contributed by atoms with Gasteiger partial charge in [-0.3, -0.25) is 10.1 Å². The van der Waals surface area contributed by atoms with Crippen LogP contribution in [0.3, 0.4) is 0 Å². The molecule has 2 N–H and O–H groups in total. The van der Waals surface area contributed by atoms with Crippen LogP contribution in [0.5, 0.6) is 0 Å². The molecule has 3 rings (SSSR count). The van der Waals surface area contributed by atoms with E-state index in [0.29, 0.717) is 0 Å². The van der Waals surface area contributed by atoms with E-state index < -0.39 is 0 Å².